The highest BCUT2D eigenvalue weighted by Crippen LogP contribution is 2.26. The highest BCUT2D eigenvalue weighted by atomic mass is 79.9. The third kappa shape index (κ3) is 8.71. The van der Waals surface area contributed by atoms with E-state index in [2.05, 4.69) is 44.1 Å². The van der Waals surface area contributed by atoms with Crippen molar-refractivity contribution in [2.75, 3.05) is 6.61 Å². The van der Waals surface area contributed by atoms with Crippen molar-refractivity contribution < 1.29 is 14.3 Å². The van der Waals surface area contributed by atoms with Gasteiger partial charge in [-0.15, -0.1) is 0 Å². The van der Waals surface area contributed by atoms with Gasteiger partial charge in [0.05, 0.1) is 4.47 Å². The number of rotatable bonds is 12. The fourth-order valence-corrected chi connectivity index (χ4v) is 4.92. The van der Waals surface area contributed by atoms with Gasteiger partial charge in [-0.05, 0) is 76.7 Å². The Bertz CT molecular complexity index is 1190. The molecule has 0 aromatic heterocycles. The van der Waals surface area contributed by atoms with Gasteiger partial charge in [0, 0.05) is 23.5 Å². The minimum Gasteiger partial charge on any atom is -0.483 e. The number of carbonyl (C=O) groups is 2. The van der Waals surface area contributed by atoms with Crippen LogP contribution in [-0.2, 0) is 29.0 Å². The fraction of sp³-hybridized carbons (Fsp3) is 0.333. The molecule has 0 aliphatic rings. The first kappa shape index (κ1) is 28.9. The molecule has 3 rings (SSSR count). The number of amides is 2. The Morgan fingerprint density at radius 3 is 2.30 bits per heavy atom. The first-order chi connectivity index (χ1) is 17.8. The minimum atomic E-state index is -0.697. The van der Waals surface area contributed by atoms with Crippen molar-refractivity contribution in [3.63, 3.8) is 0 Å². The van der Waals surface area contributed by atoms with E-state index in [9.17, 15) is 9.59 Å². The van der Waals surface area contributed by atoms with Crippen LogP contribution >= 0.6 is 31.9 Å². The molecule has 0 heterocycles. The third-order valence-corrected chi connectivity index (χ3v) is 7.38. The molecule has 0 aliphatic heterocycles. The highest BCUT2D eigenvalue weighted by molar-refractivity contribution is 9.10. The van der Waals surface area contributed by atoms with Crippen molar-refractivity contribution in [3.05, 3.63) is 98.4 Å². The molecule has 2 atom stereocenters. The molecule has 0 bridgehead atoms. The largest absolute Gasteiger partial charge is 0.483 e. The number of benzene rings is 3. The Balaban J connectivity index is 1.92. The molecule has 0 radical (unpaired) electrons. The molecule has 0 saturated heterocycles. The van der Waals surface area contributed by atoms with Gasteiger partial charge in [0.15, 0.2) is 6.61 Å². The van der Waals surface area contributed by atoms with Crippen LogP contribution in [0.5, 0.6) is 5.75 Å². The van der Waals surface area contributed by atoms with Crippen molar-refractivity contribution >= 4 is 43.7 Å². The Morgan fingerprint density at radius 2 is 1.65 bits per heavy atom. The topological polar surface area (TPSA) is 58.6 Å². The van der Waals surface area contributed by atoms with Crippen LogP contribution in [-0.4, -0.2) is 35.4 Å². The monoisotopic (exact) mass is 628 g/mol. The molecule has 37 heavy (non-hydrogen) atoms. The molecule has 0 saturated carbocycles. The molecule has 2 amide bonds. The summed E-state index contributed by atoms with van der Waals surface area (Å²) in [5.41, 5.74) is 3.08. The van der Waals surface area contributed by atoms with Crippen molar-refractivity contribution in [2.24, 2.45) is 0 Å². The summed E-state index contributed by atoms with van der Waals surface area (Å²) < 4.78 is 7.66. The van der Waals surface area contributed by atoms with Crippen molar-refractivity contribution in [1.82, 2.24) is 10.2 Å². The number of hydrogen-bond donors (Lipinski definition) is 1. The van der Waals surface area contributed by atoms with Gasteiger partial charge in [0.25, 0.3) is 5.91 Å². The molecule has 0 spiro atoms. The van der Waals surface area contributed by atoms with E-state index >= 15 is 0 Å². The molecular weight excluding hydrogens is 596 g/mol. The van der Waals surface area contributed by atoms with Crippen LogP contribution in [0.3, 0.4) is 0 Å². The standard InChI is InChI=1S/C30H34Br2N2O3/c1-4-21(3)33-30(36)27(18-23-10-7-6-8-11-23)34(19-24-12-9-13-25(31)16-24)29(35)20-37-28-15-14-22(5-2)17-26(28)32/h6-17,21,27H,4-5,18-20H2,1-3H3,(H,33,36)/t21-,27-/m1/s1. The second-order valence-corrected chi connectivity index (χ2v) is 10.9. The lowest BCUT2D eigenvalue weighted by molar-refractivity contribution is -0.143. The first-order valence-electron chi connectivity index (χ1n) is 12.6. The molecule has 0 unspecified atom stereocenters. The second-order valence-electron chi connectivity index (χ2n) is 9.08. The van der Waals surface area contributed by atoms with Crippen molar-refractivity contribution in [3.8, 4) is 5.75 Å². The zero-order valence-corrected chi connectivity index (χ0v) is 24.7. The van der Waals surface area contributed by atoms with Crippen LogP contribution in [0, 0.1) is 0 Å². The average Bonchev–Trinajstić information content (AvgIpc) is 2.90. The van der Waals surface area contributed by atoms with Crippen molar-refractivity contribution in [1.29, 1.82) is 0 Å². The summed E-state index contributed by atoms with van der Waals surface area (Å²) in [6.45, 7) is 6.18. The van der Waals surface area contributed by atoms with E-state index < -0.39 is 6.04 Å². The molecule has 196 valence electrons. The Kier molecular flexibility index (Phi) is 11.2. The van der Waals surface area contributed by atoms with E-state index in [-0.39, 0.29) is 31.0 Å². The fourth-order valence-electron chi connectivity index (χ4n) is 3.93. The SMILES string of the molecule is CCc1ccc(OCC(=O)N(Cc2cccc(Br)c2)[C@H](Cc2ccccc2)C(=O)N[C@H](C)CC)c(Br)c1. The summed E-state index contributed by atoms with van der Waals surface area (Å²) >= 11 is 7.07. The molecule has 1 N–H and O–H groups in total. The second kappa shape index (κ2) is 14.3. The lowest BCUT2D eigenvalue weighted by atomic mass is 10.0. The van der Waals surface area contributed by atoms with E-state index in [4.69, 9.17) is 4.74 Å². The zero-order valence-electron chi connectivity index (χ0n) is 21.5. The third-order valence-electron chi connectivity index (χ3n) is 6.27. The van der Waals surface area contributed by atoms with Crippen LogP contribution in [0.15, 0.2) is 81.7 Å². The predicted octanol–water partition coefficient (Wildman–Crippen LogP) is 6.71. The number of nitrogens with zero attached hydrogens (tertiary/aromatic N) is 1. The number of aryl methyl sites for hydroxylation is 1. The van der Waals surface area contributed by atoms with E-state index in [0.29, 0.717) is 12.2 Å². The van der Waals surface area contributed by atoms with Crippen LogP contribution in [0.2, 0.25) is 0 Å². The lowest BCUT2D eigenvalue weighted by Gasteiger charge is -2.32. The smallest absolute Gasteiger partial charge is 0.261 e. The van der Waals surface area contributed by atoms with Crippen LogP contribution < -0.4 is 10.1 Å². The summed E-state index contributed by atoms with van der Waals surface area (Å²) in [5.74, 6) is 0.165. The Hall–Kier alpha value is -2.64. The number of carbonyl (C=O) groups excluding carboxylic acids is 2. The maximum absolute atomic E-state index is 13.7. The van der Waals surface area contributed by atoms with Gasteiger partial charge in [0.2, 0.25) is 5.91 Å². The Morgan fingerprint density at radius 1 is 0.919 bits per heavy atom. The van der Waals surface area contributed by atoms with E-state index in [1.54, 1.807) is 4.90 Å². The number of hydrogen-bond acceptors (Lipinski definition) is 3. The molecule has 7 heteroatoms. The van der Waals surface area contributed by atoms with Crippen LogP contribution in [0.25, 0.3) is 0 Å². The van der Waals surface area contributed by atoms with Gasteiger partial charge in [-0.3, -0.25) is 9.59 Å². The first-order valence-corrected chi connectivity index (χ1v) is 14.2. The number of nitrogens with one attached hydrogen (secondary N) is 1. The summed E-state index contributed by atoms with van der Waals surface area (Å²) in [4.78, 5) is 28.9. The molecular formula is C30H34Br2N2O3. The zero-order chi connectivity index (χ0) is 26.8. The molecule has 0 aliphatic carbocycles. The van der Waals surface area contributed by atoms with E-state index in [1.807, 2.05) is 86.6 Å². The Labute approximate surface area is 236 Å². The number of halogens is 2. The van der Waals surface area contributed by atoms with Gasteiger partial charge in [-0.2, -0.15) is 0 Å². The quantitative estimate of drug-likeness (QED) is 0.242. The van der Waals surface area contributed by atoms with Gasteiger partial charge in [-0.1, -0.05) is 78.3 Å². The van der Waals surface area contributed by atoms with Gasteiger partial charge < -0.3 is 15.0 Å². The maximum atomic E-state index is 13.7. The molecule has 0 fully saturated rings. The summed E-state index contributed by atoms with van der Waals surface area (Å²) in [6.07, 6.45) is 2.11. The lowest BCUT2D eigenvalue weighted by Crippen LogP contribution is -2.53. The number of ether oxygens (including phenoxy) is 1. The molecule has 3 aromatic rings. The molecule has 3 aromatic carbocycles. The normalized spacial score (nSPS) is 12.5. The van der Waals surface area contributed by atoms with E-state index in [1.165, 1.54) is 5.56 Å². The summed E-state index contributed by atoms with van der Waals surface area (Å²) in [5, 5.41) is 3.09. The molecule has 5 nitrogen and oxygen atoms in total. The highest BCUT2D eigenvalue weighted by Gasteiger charge is 2.31. The maximum Gasteiger partial charge on any atom is 0.261 e. The van der Waals surface area contributed by atoms with Gasteiger partial charge >= 0.3 is 0 Å². The van der Waals surface area contributed by atoms with Gasteiger partial charge in [-0.25, -0.2) is 0 Å². The predicted molar refractivity (Wildman–Crippen MR) is 156 cm³/mol. The van der Waals surface area contributed by atoms with Crippen molar-refractivity contribution in [2.45, 2.75) is 58.7 Å². The average molecular weight is 630 g/mol. The van der Waals surface area contributed by atoms with Gasteiger partial charge in [0.1, 0.15) is 11.8 Å². The van der Waals surface area contributed by atoms with Crippen LogP contribution in [0.1, 0.15) is 43.9 Å². The van der Waals surface area contributed by atoms with E-state index in [0.717, 1.165) is 32.9 Å². The minimum absolute atomic E-state index is 0.00196. The summed E-state index contributed by atoms with van der Waals surface area (Å²) in [7, 11) is 0. The summed E-state index contributed by atoms with van der Waals surface area (Å²) in [6, 6.07) is 22.7. The van der Waals surface area contributed by atoms with Crippen LogP contribution in [0.4, 0.5) is 0 Å².